The molecular weight excluding hydrogens is 546 g/mol. The molecule has 0 unspecified atom stereocenters. The van der Waals surface area contributed by atoms with E-state index in [1.807, 2.05) is 0 Å². The Balaban J connectivity index is 0. The van der Waals surface area contributed by atoms with Crippen LogP contribution in [-0.4, -0.2) is 11.9 Å². The van der Waals surface area contributed by atoms with Crippen LogP contribution in [0, 0.1) is 0 Å². The standard InChI is InChI=1S/3C9H14N.C3H4O4.BrH/c3*1-3-9-7-5-6-8-10(9)4-2;4-2(5)1-3(6)7;/h3*5-8H,3-4H2,1-2H3;1H2,(H,4,5)(H,6,7);1H/q3*+1;;/p-3. The predicted octanol–water partition coefficient (Wildman–Crippen LogP) is -1.45. The van der Waals surface area contributed by atoms with Crippen molar-refractivity contribution in [3.63, 3.8) is 0 Å². The Hall–Kier alpha value is -3.13. The maximum absolute atomic E-state index is 9.28. The lowest BCUT2D eigenvalue weighted by Gasteiger charge is -1.99. The molecule has 0 aliphatic heterocycles. The third-order valence-corrected chi connectivity index (χ3v) is 5.50. The number of aliphatic carboxylic acids is 2. The summed E-state index contributed by atoms with van der Waals surface area (Å²) in [5, 5.41) is 18.6. The highest BCUT2D eigenvalue weighted by Gasteiger charge is 2.03. The minimum absolute atomic E-state index is 0. The Labute approximate surface area is 239 Å². The molecule has 0 spiro atoms. The number of pyridine rings is 3. The molecule has 0 aliphatic rings. The van der Waals surface area contributed by atoms with Gasteiger partial charge in [0.1, 0.15) is 19.6 Å². The Morgan fingerprint density at radius 3 is 0.947 bits per heavy atom. The molecule has 0 radical (unpaired) electrons. The summed E-state index contributed by atoms with van der Waals surface area (Å²) in [4.78, 5) is 18.6. The van der Waals surface area contributed by atoms with Gasteiger partial charge >= 0.3 is 0 Å². The molecule has 0 atom stereocenters. The van der Waals surface area contributed by atoms with Crippen LogP contribution < -0.4 is 40.9 Å². The number of hydrogen-bond acceptors (Lipinski definition) is 4. The van der Waals surface area contributed by atoms with E-state index in [1.165, 1.54) is 17.1 Å². The van der Waals surface area contributed by atoms with E-state index in [0.717, 1.165) is 38.9 Å². The van der Waals surface area contributed by atoms with Crippen LogP contribution in [0.2, 0.25) is 0 Å². The second-order valence-corrected chi connectivity index (χ2v) is 7.92. The van der Waals surface area contributed by atoms with Crippen LogP contribution in [0.4, 0.5) is 0 Å². The lowest BCUT2D eigenvalue weighted by Crippen LogP contribution is -3.00. The molecule has 0 saturated carbocycles. The summed E-state index contributed by atoms with van der Waals surface area (Å²) in [5.41, 5.74) is 4.22. The average molecular weight is 591 g/mol. The highest BCUT2D eigenvalue weighted by Crippen LogP contribution is 1.92. The lowest BCUT2D eigenvalue weighted by atomic mass is 10.3. The fourth-order valence-corrected chi connectivity index (χ4v) is 3.54. The molecule has 0 aliphatic carbocycles. The van der Waals surface area contributed by atoms with Gasteiger partial charge in [0.2, 0.25) is 0 Å². The van der Waals surface area contributed by atoms with E-state index in [4.69, 9.17) is 0 Å². The molecule has 210 valence electrons. The topological polar surface area (TPSA) is 91.9 Å². The molecule has 8 heteroatoms. The van der Waals surface area contributed by atoms with Gasteiger partial charge < -0.3 is 36.8 Å². The number of hydrogen-bond donors (Lipinski definition) is 0. The van der Waals surface area contributed by atoms with Gasteiger partial charge in [-0.2, -0.15) is 0 Å². The zero-order valence-electron chi connectivity index (χ0n) is 23.7. The summed E-state index contributed by atoms with van der Waals surface area (Å²) in [7, 11) is 0. The van der Waals surface area contributed by atoms with Crippen molar-refractivity contribution in [2.45, 2.75) is 86.9 Å². The quantitative estimate of drug-likeness (QED) is 0.237. The molecule has 7 nitrogen and oxygen atoms in total. The normalized spacial score (nSPS) is 9.21. The first-order valence-electron chi connectivity index (χ1n) is 13.1. The monoisotopic (exact) mass is 589 g/mol. The zero-order chi connectivity index (χ0) is 28.1. The Kier molecular flexibility index (Phi) is 22.4. The SMILES string of the molecule is CCc1cccc[n+]1CC.CCc1cccc[n+]1CC.CCc1cccc[n+]1CC.O=C([O-])CC(=O)[O-].[Br-]. The fraction of sp³-hybridized carbons (Fsp3) is 0.433. The maximum Gasteiger partial charge on any atom is 0.181 e. The molecule has 0 bridgehead atoms. The van der Waals surface area contributed by atoms with Crippen molar-refractivity contribution in [3.8, 4) is 0 Å². The second-order valence-electron chi connectivity index (χ2n) is 7.92. The number of carboxylic acid groups (broad SMARTS) is 2. The lowest BCUT2D eigenvalue weighted by molar-refractivity contribution is -0.700. The van der Waals surface area contributed by atoms with E-state index in [9.17, 15) is 19.8 Å². The minimum Gasteiger partial charge on any atom is -1.00 e. The van der Waals surface area contributed by atoms with Crippen LogP contribution in [0.15, 0.2) is 73.2 Å². The zero-order valence-corrected chi connectivity index (χ0v) is 25.3. The van der Waals surface area contributed by atoms with Crippen molar-refractivity contribution in [1.29, 1.82) is 0 Å². The van der Waals surface area contributed by atoms with Gasteiger partial charge in [-0.25, -0.2) is 13.7 Å². The van der Waals surface area contributed by atoms with E-state index in [0.29, 0.717) is 0 Å². The molecule has 3 aromatic heterocycles. The van der Waals surface area contributed by atoms with Crippen molar-refractivity contribution in [1.82, 2.24) is 0 Å². The number of carboxylic acids is 2. The van der Waals surface area contributed by atoms with Crippen molar-refractivity contribution in [2.75, 3.05) is 0 Å². The van der Waals surface area contributed by atoms with Crippen molar-refractivity contribution in [2.24, 2.45) is 0 Å². The number of aromatic nitrogens is 3. The molecule has 0 fully saturated rings. The van der Waals surface area contributed by atoms with Gasteiger partial charge in [-0.1, -0.05) is 39.0 Å². The van der Waals surface area contributed by atoms with Gasteiger partial charge in [-0.05, 0) is 20.8 Å². The van der Waals surface area contributed by atoms with E-state index >= 15 is 0 Å². The molecule has 0 N–H and O–H groups in total. The summed E-state index contributed by atoms with van der Waals surface area (Å²) in [6.45, 7) is 16.3. The van der Waals surface area contributed by atoms with Gasteiger partial charge in [0.15, 0.2) is 35.7 Å². The predicted molar refractivity (Wildman–Crippen MR) is 140 cm³/mol. The molecule has 3 heterocycles. The van der Waals surface area contributed by atoms with Crippen molar-refractivity contribution >= 4 is 11.9 Å². The first-order chi connectivity index (χ1) is 17.8. The van der Waals surface area contributed by atoms with E-state index < -0.39 is 18.4 Å². The third kappa shape index (κ3) is 15.9. The van der Waals surface area contributed by atoms with Crippen molar-refractivity contribution in [3.05, 3.63) is 90.3 Å². The summed E-state index contributed by atoms with van der Waals surface area (Å²) in [6, 6.07) is 19.0. The van der Waals surface area contributed by atoms with Crippen LogP contribution in [0.3, 0.4) is 0 Å². The Morgan fingerprint density at radius 2 is 0.816 bits per heavy atom. The van der Waals surface area contributed by atoms with Gasteiger partial charge in [0.05, 0.1) is 0 Å². The molecular formula is C30H44BrN3O4. The van der Waals surface area contributed by atoms with E-state index in [1.54, 1.807) is 0 Å². The highest BCUT2D eigenvalue weighted by molar-refractivity contribution is 5.86. The van der Waals surface area contributed by atoms with Crippen LogP contribution >= 0.6 is 0 Å². The van der Waals surface area contributed by atoms with Gasteiger partial charge in [0.25, 0.3) is 0 Å². The summed E-state index contributed by atoms with van der Waals surface area (Å²) < 4.78 is 6.79. The number of rotatable bonds is 8. The Morgan fingerprint density at radius 1 is 0.553 bits per heavy atom. The molecule has 3 rings (SSSR count). The summed E-state index contributed by atoms with van der Waals surface area (Å²) in [6.07, 6.45) is 8.70. The van der Waals surface area contributed by atoms with Crippen molar-refractivity contribution < 1.29 is 50.5 Å². The van der Waals surface area contributed by atoms with Crippen LogP contribution in [0.25, 0.3) is 0 Å². The number of nitrogens with zero attached hydrogens (tertiary/aromatic N) is 3. The first kappa shape index (κ1) is 37.0. The van der Waals surface area contributed by atoms with Crippen LogP contribution in [-0.2, 0) is 48.5 Å². The van der Waals surface area contributed by atoms with Crippen LogP contribution in [0.5, 0.6) is 0 Å². The number of halogens is 1. The molecule has 0 amide bonds. The minimum atomic E-state index is -1.63. The molecule has 3 aromatic rings. The maximum atomic E-state index is 9.28. The number of aryl methyl sites for hydroxylation is 6. The number of carbonyl (C=O) groups excluding carboxylic acids is 2. The first-order valence-corrected chi connectivity index (χ1v) is 13.1. The largest absolute Gasteiger partial charge is 1.00 e. The van der Waals surface area contributed by atoms with Gasteiger partial charge in [-0.15, -0.1) is 0 Å². The van der Waals surface area contributed by atoms with Gasteiger partial charge in [-0.3, -0.25) is 0 Å². The molecule has 0 aromatic carbocycles. The average Bonchev–Trinajstić information content (AvgIpc) is 2.93. The Bertz CT molecular complexity index is 867. The summed E-state index contributed by atoms with van der Waals surface area (Å²) in [5.74, 6) is -3.25. The highest BCUT2D eigenvalue weighted by atomic mass is 79.9. The van der Waals surface area contributed by atoms with Crippen LogP contribution in [0.1, 0.15) is 65.0 Å². The van der Waals surface area contributed by atoms with E-state index in [2.05, 4.69) is 128 Å². The molecule has 0 saturated heterocycles. The van der Waals surface area contributed by atoms with E-state index in [-0.39, 0.29) is 17.0 Å². The summed E-state index contributed by atoms with van der Waals surface area (Å²) >= 11 is 0. The smallest absolute Gasteiger partial charge is 0.181 e. The second kappa shape index (κ2) is 23.0. The number of carbonyl (C=O) groups is 2. The molecule has 38 heavy (non-hydrogen) atoms. The van der Waals surface area contributed by atoms with Gasteiger partial charge in [0, 0.05) is 74.0 Å². The fourth-order valence-electron chi connectivity index (χ4n) is 3.54. The third-order valence-electron chi connectivity index (χ3n) is 5.50.